The lowest BCUT2D eigenvalue weighted by atomic mass is 10.2. The molecule has 0 spiro atoms. The first-order valence-corrected chi connectivity index (χ1v) is 11.5. The molecule has 0 heterocycles. The van der Waals surface area contributed by atoms with E-state index in [1.165, 1.54) is 25.8 Å². The van der Waals surface area contributed by atoms with Crippen LogP contribution < -0.4 is 0 Å². The molecule has 9 heteroatoms. The number of alkyl halides is 3. The fourth-order valence-electron chi connectivity index (χ4n) is 1.89. The normalized spacial score (nSPS) is 12.9. The molecule has 1 atom stereocenters. The third kappa shape index (κ3) is 6.53. The predicted molar refractivity (Wildman–Crippen MR) is 99.7 cm³/mol. The summed E-state index contributed by atoms with van der Waals surface area (Å²) in [7, 11) is -5.94. The second-order valence-electron chi connectivity index (χ2n) is 5.38. The van der Waals surface area contributed by atoms with Crippen LogP contribution in [0.15, 0.2) is 57.2 Å². The second kappa shape index (κ2) is 9.16. The van der Waals surface area contributed by atoms with E-state index in [0.717, 1.165) is 0 Å². The Morgan fingerprint density at radius 2 is 1.46 bits per heavy atom. The van der Waals surface area contributed by atoms with E-state index in [4.69, 9.17) is 13.0 Å². The van der Waals surface area contributed by atoms with Gasteiger partial charge in [0.1, 0.15) is 6.26 Å². The summed E-state index contributed by atoms with van der Waals surface area (Å²) in [5, 5.41) is 0. The van der Waals surface area contributed by atoms with Crippen LogP contribution in [-0.2, 0) is 21.0 Å². The maximum Gasteiger partial charge on any atom is 0.485 e. The Morgan fingerprint density at radius 3 is 1.88 bits per heavy atom. The lowest BCUT2D eigenvalue weighted by Gasteiger charge is -2.08. The third-order valence-electron chi connectivity index (χ3n) is 3.31. The Bertz CT molecular complexity index is 833. The SMILES string of the molecule is CSc1ccc(C)cc1[S+](C)c1ccc(C)cc1.O=S(=O)([O-])C(F)(F)F. The number of thioether (sulfide) groups is 1. The van der Waals surface area contributed by atoms with Gasteiger partial charge in [0.05, 0.1) is 15.8 Å². The van der Waals surface area contributed by atoms with Gasteiger partial charge in [-0.2, -0.15) is 13.2 Å². The summed E-state index contributed by atoms with van der Waals surface area (Å²) in [6.07, 6.45) is 4.47. The van der Waals surface area contributed by atoms with Crippen molar-refractivity contribution < 1.29 is 26.1 Å². The van der Waals surface area contributed by atoms with Crippen LogP contribution in [0.2, 0.25) is 0 Å². The van der Waals surface area contributed by atoms with Gasteiger partial charge in [-0.05, 0) is 49.9 Å². The molecule has 0 aliphatic heterocycles. The van der Waals surface area contributed by atoms with Crippen molar-refractivity contribution in [2.45, 2.75) is 34.0 Å². The van der Waals surface area contributed by atoms with Crippen LogP contribution in [0.5, 0.6) is 0 Å². The minimum Gasteiger partial charge on any atom is -0.741 e. The van der Waals surface area contributed by atoms with E-state index in [9.17, 15) is 13.2 Å². The zero-order chi connectivity index (χ0) is 20.1. The molecule has 0 N–H and O–H groups in total. The molecule has 0 amide bonds. The molecule has 2 aromatic carbocycles. The second-order valence-corrected chi connectivity index (χ2v) is 9.53. The maximum atomic E-state index is 10.7. The highest BCUT2D eigenvalue weighted by molar-refractivity contribution is 8.00. The van der Waals surface area contributed by atoms with Crippen molar-refractivity contribution in [3.05, 3.63) is 53.6 Å². The van der Waals surface area contributed by atoms with E-state index >= 15 is 0 Å². The quantitative estimate of drug-likeness (QED) is 0.309. The Kier molecular flexibility index (Phi) is 8.06. The van der Waals surface area contributed by atoms with E-state index < -0.39 is 15.6 Å². The minimum atomic E-state index is -6.09. The van der Waals surface area contributed by atoms with Gasteiger partial charge >= 0.3 is 5.51 Å². The van der Waals surface area contributed by atoms with Gasteiger partial charge in [0.2, 0.25) is 0 Å². The summed E-state index contributed by atoms with van der Waals surface area (Å²) in [5.74, 6) is 0. The monoisotopic (exact) mass is 424 g/mol. The average Bonchev–Trinajstić information content (AvgIpc) is 2.53. The molecule has 0 saturated carbocycles. The van der Waals surface area contributed by atoms with Gasteiger partial charge in [0.15, 0.2) is 19.9 Å². The molecule has 26 heavy (non-hydrogen) atoms. The molecule has 0 aromatic heterocycles. The van der Waals surface area contributed by atoms with Crippen molar-refractivity contribution in [2.75, 3.05) is 12.5 Å². The summed E-state index contributed by atoms with van der Waals surface area (Å²) in [6, 6.07) is 15.7. The van der Waals surface area contributed by atoms with Crippen molar-refractivity contribution in [3.8, 4) is 0 Å². The molecule has 0 fully saturated rings. The highest BCUT2D eigenvalue weighted by Gasteiger charge is 2.36. The van der Waals surface area contributed by atoms with E-state index in [1.54, 1.807) is 0 Å². The summed E-state index contributed by atoms with van der Waals surface area (Å²) < 4.78 is 58.9. The standard InChI is InChI=1S/C16H19S2.CHF3O3S/c1-12-5-8-14(9-6-12)18(4)16-11-13(2)7-10-15(16)17-3;2-1(3,4)8(5,6)7/h5-11H,1-4H3;(H,5,6,7)/q+1;/p-1. The highest BCUT2D eigenvalue weighted by atomic mass is 32.2. The molecule has 0 aliphatic carbocycles. The molecule has 0 radical (unpaired) electrons. The Labute approximate surface area is 159 Å². The molecular weight excluding hydrogens is 405 g/mol. The number of hydrogen-bond donors (Lipinski definition) is 0. The molecule has 1 unspecified atom stereocenters. The third-order valence-corrected chi connectivity index (χ3v) is 6.78. The highest BCUT2D eigenvalue weighted by Crippen LogP contribution is 2.30. The molecule has 0 bridgehead atoms. The van der Waals surface area contributed by atoms with Crippen LogP contribution in [0.4, 0.5) is 13.2 Å². The smallest absolute Gasteiger partial charge is 0.485 e. The fraction of sp³-hybridized carbons (Fsp3) is 0.294. The first-order chi connectivity index (χ1) is 11.9. The van der Waals surface area contributed by atoms with Gasteiger partial charge in [-0.25, -0.2) is 8.42 Å². The largest absolute Gasteiger partial charge is 0.741 e. The zero-order valence-electron chi connectivity index (χ0n) is 14.6. The lowest BCUT2D eigenvalue weighted by Crippen LogP contribution is -2.21. The molecule has 144 valence electrons. The average molecular weight is 425 g/mol. The van der Waals surface area contributed by atoms with Crippen LogP contribution in [0.1, 0.15) is 11.1 Å². The Morgan fingerprint density at radius 1 is 1.00 bits per heavy atom. The number of hydrogen-bond acceptors (Lipinski definition) is 4. The van der Waals surface area contributed by atoms with Crippen LogP contribution in [0.3, 0.4) is 0 Å². The van der Waals surface area contributed by atoms with Gasteiger partial charge < -0.3 is 4.55 Å². The first kappa shape index (κ1) is 22.9. The Hall–Kier alpha value is -1.16. The number of halogens is 3. The lowest BCUT2D eigenvalue weighted by molar-refractivity contribution is -0.0517. The van der Waals surface area contributed by atoms with Crippen LogP contribution in [0, 0.1) is 13.8 Å². The number of aryl methyl sites for hydroxylation is 2. The van der Waals surface area contributed by atoms with Gasteiger partial charge in [-0.15, -0.1) is 11.8 Å². The van der Waals surface area contributed by atoms with Gasteiger partial charge in [0.25, 0.3) is 0 Å². The van der Waals surface area contributed by atoms with Crippen molar-refractivity contribution >= 4 is 32.8 Å². The van der Waals surface area contributed by atoms with Crippen molar-refractivity contribution in [2.24, 2.45) is 0 Å². The summed E-state index contributed by atoms with van der Waals surface area (Å²) in [4.78, 5) is 4.28. The number of rotatable bonds is 3. The summed E-state index contributed by atoms with van der Waals surface area (Å²) in [6.45, 7) is 4.30. The first-order valence-electron chi connectivity index (χ1n) is 7.26. The van der Waals surface area contributed by atoms with E-state index in [0.29, 0.717) is 0 Å². The molecule has 2 aromatic rings. The number of benzene rings is 2. The van der Waals surface area contributed by atoms with Crippen LogP contribution in [0.25, 0.3) is 0 Å². The van der Waals surface area contributed by atoms with Crippen LogP contribution >= 0.6 is 11.8 Å². The molecule has 3 nitrogen and oxygen atoms in total. The summed E-state index contributed by atoms with van der Waals surface area (Å²) in [5.41, 5.74) is -2.98. The van der Waals surface area contributed by atoms with E-state index in [1.807, 2.05) is 11.8 Å². The van der Waals surface area contributed by atoms with Crippen molar-refractivity contribution in [3.63, 3.8) is 0 Å². The van der Waals surface area contributed by atoms with E-state index in [2.05, 4.69) is 68.8 Å². The van der Waals surface area contributed by atoms with Gasteiger partial charge in [-0.3, -0.25) is 0 Å². The van der Waals surface area contributed by atoms with E-state index in [-0.39, 0.29) is 10.9 Å². The van der Waals surface area contributed by atoms with Crippen LogP contribution in [-0.4, -0.2) is 31.0 Å². The van der Waals surface area contributed by atoms with Gasteiger partial charge in [0, 0.05) is 0 Å². The zero-order valence-corrected chi connectivity index (χ0v) is 17.1. The minimum absolute atomic E-state index is 0.152. The Balaban J connectivity index is 0.000000359. The molecular formula is C17H19F3O3S3. The maximum absolute atomic E-state index is 10.7. The molecule has 0 aliphatic rings. The van der Waals surface area contributed by atoms with Crippen molar-refractivity contribution in [1.29, 1.82) is 0 Å². The van der Waals surface area contributed by atoms with Gasteiger partial charge in [-0.1, -0.05) is 23.8 Å². The molecule has 0 saturated heterocycles. The topological polar surface area (TPSA) is 57.2 Å². The molecule has 2 rings (SSSR count). The fourth-order valence-corrected chi connectivity index (χ4v) is 4.51. The predicted octanol–water partition coefficient (Wildman–Crippen LogP) is 4.74. The van der Waals surface area contributed by atoms with Crippen molar-refractivity contribution in [1.82, 2.24) is 0 Å². The summed E-state index contributed by atoms with van der Waals surface area (Å²) >= 11 is 1.84.